The average molecular weight is 441 g/mol. The maximum absolute atomic E-state index is 12.6. The van der Waals surface area contributed by atoms with Gasteiger partial charge in [0.2, 0.25) is 5.82 Å². The monoisotopic (exact) mass is 440 g/mol. The van der Waals surface area contributed by atoms with Crippen LogP contribution in [0.2, 0.25) is 0 Å². The Hall–Kier alpha value is -3.78. The lowest BCUT2D eigenvalue weighted by Gasteiger charge is -2.55. The zero-order chi connectivity index (χ0) is 22.4. The van der Waals surface area contributed by atoms with Gasteiger partial charge in [-0.05, 0) is 18.6 Å². The first-order valence-electron chi connectivity index (χ1n) is 11.1. The molecule has 2 aliphatic rings. The number of fused-ring (bicyclic) bond motifs is 1. The van der Waals surface area contributed by atoms with E-state index >= 15 is 0 Å². The third-order valence-electron chi connectivity index (χ3n) is 6.56. The molecule has 8 nitrogen and oxygen atoms in total. The number of hydrogen-bond acceptors (Lipinski definition) is 6. The molecule has 6 rings (SSSR count). The number of aromatic nitrogens is 4. The molecule has 1 atom stereocenters. The summed E-state index contributed by atoms with van der Waals surface area (Å²) in [6.45, 7) is 5.67. The van der Waals surface area contributed by atoms with Crippen molar-refractivity contribution < 1.29 is 9.53 Å². The molecular formula is C25H24N6O2. The second-order valence-corrected chi connectivity index (χ2v) is 9.04. The van der Waals surface area contributed by atoms with E-state index < -0.39 is 0 Å². The number of rotatable bonds is 5. The van der Waals surface area contributed by atoms with Crippen molar-refractivity contribution in [2.24, 2.45) is 5.41 Å². The molecule has 166 valence electrons. The third-order valence-corrected chi connectivity index (χ3v) is 6.56. The number of pyridine rings is 1. The van der Waals surface area contributed by atoms with Gasteiger partial charge in [-0.2, -0.15) is 0 Å². The quantitative estimate of drug-likeness (QED) is 0.494. The van der Waals surface area contributed by atoms with E-state index in [9.17, 15) is 4.79 Å². The maximum Gasteiger partial charge on any atom is 0.289 e. The Kier molecular flexibility index (Phi) is 4.62. The van der Waals surface area contributed by atoms with E-state index in [1.54, 1.807) is 12.4 Å². The first kappa shape index (κ1) is 19.9. The molecule has 5 heterocycles. The summed E-state index contributed by atoms with van der Waals surface area (Å²) in [7, 11) is 0. The van der Waals surface area contributed by atoms with Gasteiger partial charge in [0.1, 0.15) is 5.65 Å². The standard InChI is InChI=1S/C25H24N6O2/c1-16(17-5-3-2-4-6-17)30-24(32)23-26-8-18(9-27-23)21-11-29-22-20(21)7-19(10-28-22)31-12-25(13-31)14-33-15-25/h2-11,16H,12-15H2,1H3,(H,28,29)(H,30,32). The molecule has 1 aromatic carbocycles. The number of nitrogens with zero attached hydrogens (tertiary/aromatic N) is 4. The van der Waals surface area contributed by atoms with E-state index in [2.05, 4.69) is 36.2 Å². The van der Waals surface area contributed by atoms with Crippen molar-refractivity contribution in [2.75, 3.05) is 31.2 Å². The molecule has 1 amide bonds. The Morgan fingerprint density at radius 1 is 1.12 bits per heavy atom. The van der Waals surface area contributed by atoms with Gasteiger partial charge >= 0.3 is 0 Å². The second kappa shape index (κ2) is 7.67. The normalized spacial score (nSPS) is 17.4. The lowest BCUT2D eigenvalue weighted by molar-refractivity contribution is -0.127. The number of aromatic amines is 1. The van der Waals surface area contributed by atoms with E-state index in [0.717, 1.165) is 59.7 Å². The van der Waals surface area contributed by atoms with Crippen LogP contribution in [0.1, 0.15) is 29.1 Å². The van der Waals surface area contributed by atoms with E-state index in [4.69, 9.17) is 4.74 Å². The number of nitrogens with one attached hydrogen (secondary N) is 2. The minimum absolute atomic E-state index is 0.132. The molecule has 1 unspecified atom stereocenters. The van der Waals surface area contributed by atoms with Crippen molar-refractivity contribution in [3.63, 3.8) is 0 Å². The maximum atomic E-state index is 12.6. The Bertz CT molecular complexity index is 1310. The summed E-state index contributed by atoms with van der Waals surface area (Å²) in [5.74, 6) is -0.152. The van der Waals surface area contributed by atoms with Gasteiger partial charge in [0, 0.05) is 48.2 Å². The predicted molar refractivity (Wildman–Crippen MR) is 125 cm³/mol. The fourth-order valence-corrected chi connectivity index (χ4v) is 4.59. The number of hydrogen-bond donors (Lipinski definition) is 2. The highest BCUT2D eigenvalue weighted by Gasteiger charge is 2.49. The summed E-state index contributed by atoms with van der Waals surface area (Å²) in [6, 6.07) is 11.8. The van der Waals surface area contributed by atoms with Crippen molar-refractivity contribution >= 4 is 22.6 Å². The smallest absolute Gasteiger partial charge is 0.289 e. The van der Waals surface area contributed by atoms with Gasteiger partial charge in [0.15, 0.2) is 0 Å². The molecule has 4 aromatic rings. The minimum atomic E-state index is -0.299. The number of ether oxygens (including phenoxy) is 1. The van der Waals surface area contributed by atoms with Crippen molar-refractivity contribution in [2.45, 2.75) is 13.0 Å². The Balaban J connectivity index is 1.20. The summed E-state index contributed by atoms with van der Waals surface area (Å²) >= 11 is 0. The highest BCUT2D eigenvalue weighted by Crippen LogP contribution is 2.41. The van der Waals surface area contributed by atoms with E-state index in [1.165, 1.54) is 0 Å². The molecular weight excluding hydrogens is 416 g/mol. The fraction of sp³-hybridized carbons (Fsp3) is 0.280. The zero-order valence-corrected chi connectivity index (χ0v) is 18.3. The Labute approximate surface area is 191 Å². The van der Waals surface area contributed by atoms with E-state index in [0.29, 0.717) is 5.41 Å². The summed E-state index contributed by atoms with van der Waals surface area (Å²) < 4.78 is 5.38. The molecule has 0 bridgehead atoms. The van der Waals surface area contributed by atoms with Crippen molar-refractivity contribution in [3.05, 3.63) is 72.6 Å². The zero-order valence-electron chi connectivity index (χ0n) is 18.3. The highest BCUT2D eigenvalue weighted by molar-refractivity contribution is 5.95. The van der Waals surface area contributed by atoms with Gasteiger partial charge in [-0.1, -0.05) is 30.3 Å². The molecule has 1 spiro atoms. The van der Waals surface area contributed by atoms with Gasteiger partial charge in [-0.25, -0.2) is 15.0 Å². The molecule has 0 saturated carbocycles. The van der Waals surface area contributed by atoms with Crippen LogP contribution in [-0.2, 0) is 4.74 Å². The van der Waals surface area contributed by atoms with Gasteiger partial charge in [0.25, 0.3) is 5.91 Å². The molecule has 8 heteroatoms. The molecule has 2 fully saturated rings. The molecule has 0 aliphatic carbocycles. The number of carbonyl (C=O) groups is 1. The van der Waals surface area contributed by atoms with Crippen LogP contribution in [0.3, 0.4) is 0 Å². The fourth-order valence-electron chi connectivity index (χ4n) is 4.59. The van der Waals surface area contributed by atoms with Gasteiger partial charge < -0.3 is 19.9 Å². The SMILES string of the molecule is CC(NC(=O)c1ncc(-c2c[nH]c3ncc(N4CC5(COC5)C4)cc23)cn1)c1ccccc1. The summed E-state index contributed by atoms with van der Waals surface area (Å²) in [4.78, 5) is 31.4. The first-order valence-corrected chi connectivity index (χ1v) is 11.1. The first-order chi connectivity index (χ1) is 16.1. The van der Waals surface area contributed by atoms with E-state index in [-0.39, 0.29) is 17.8 Å². The highest BCUT2D eigenvalue weighted by atomic mass is 16.5. The van der Waals surface area contributed by atoms with Crippen LogP contribution in [0, 0.1) is 5.41 Å². The van der Waals surface area contributed by atoms with Gasteiger partial charge in [0.05, 0.1) is 36.6 Å². The summed E-state index contributed by atoms with van der Waals surface area (Å²) in [6.07, 6.45) is 7.20. The number of anilines is 1. The Morgan fingerprint density at radius 2 is 1.88 bits per heavy atom. The van der Waals surface area contributed by atoms with Crippen LogP contribution < -0.4 is 10.2 Å². The van der Waals surface area contributed by atoms with Crippen LogP contribution in [0.15, 0.2) is 61.2 Å². The molecule has 2 aliphatic heterocycles. The van der Waals surface area contributed by atoms with Crippen LogP contribution in [0.4, 0.5) is 5.69 Å². The van der Waals surface area contributed by atoms with Crippen molar-refractivity contribution in [1.82, 2.24) is 25.3 Å². The molecule has 2 N–H and O–H groups in total. The number of H-pyrrole nitrogens is 1. The molecule has 2 saturated heterocycles. The molecule has 3 aromatic heterocycles. The summed E-state index contributed by atoms with van der Waals surface area (Å²) in [5.41, 5.74) is 5.09. The average Bonchev–Trinajstić information content (AvgIpc) is 3.21. The summed E-state index contributed by atoms with van der Waals surface area (Å²) in [5, 5.41) is 3.96. The van der Waals surface area contributed by atoms with Crippen LogP contribution in [-0.4, -0.2) is 52.1 Å². The Morgan fingerprint density at radius 3 is 2.58 bits per heavy atom. The van der Waals surface area contributed by atoms with Crippen molar-refractivity contribution in [1.29, 1.82) is 0 Å². The van der Waals surface area contributed by atoms with Crippen LogP contribution in [0.25, 0.3) is 22.2 Å². The van der Waals surface area contributed by atoms with Gasteiger partial charge in [-0.15, -0.1) is 0 Å². The van der Waals surface area contributed by atoms with E-state index in [1.807, 2.05) is 49.6 Å². The van der Waals surface area contributed by atoms with Gasteiger partial charge in [-0.3, -0.25) is 4.79 Å². The lowest BCUT2D eigenvalue weighted by Crippen LogP contribution is -2.66. The van der Waals surface area contributed by atoms with Crippen molar-refractivity contribution in [3.8, 4) is 11.1 Å². The topological polar surface area (TPSA) is 96.0 Å². The number of benzene rings is 1. The van der Waals surface area contributed by atoms with Crippen LogP contribution in [0.5, 0.6) is 0 Å². The largest absolute Gasteiger partial charge is 0.380 e. The number of carbonyl (C=O) groups excluding carboxylic acids is 1. The third kappa shape index (κ3) is 3.52. The minimum Gasteiger partial charge on any atom is -0.380 e. The molecule has 33 heavy (non-hydrogen) atoms. The predicted octanol–water partition coefficient (Wildman–Crippen LogP) is 3.35. The molecule has 0 radical (unpaired) electrons. The lowest BCUT2D eigenvalue weighted by atomic mass is 9.78. The number of amides is 1. The second-order valence-electron chi connectivity index (χ2n) is 9.04. The van der Waals surface area contributed by atoms with Crippen LogP contribution >= 0.6 is 0 Å².